The van der Waals surface area contributed by atoms with Gasteiger partial charge < -0.3 is 19.9 Å². The minimum absolute atomic E-state index is 0.160. The number of carbonyl (C=O) groups excluding carboxylic acids is 1. The lowest BCUT2D eigenvalue weighted by atomic mass is 9.80. The number of fused-ring (bicyclic) bond motifs is 1. The Labute approximate surface area is 164 Å². The zero-order valence-corrected chi connectivity index (χ0v) is 16.3. The van der Waals surface area contributed by atoms with E-state index in [0.29, 0.717) is 35.9 Å². The highest BCUT2D eigenvalue weighted by atomic mass is 19.1. The van der Waals surface area contributed by atoms with E-state index in [1.807, 2.05) is 0 Å². The van der Waals surface area contributed by atoms with Crippen molar-refractivity contribution in [2.45, 2.75) is 31.8 Å². The average Bonchev–Trinajstić information content (AvgIpc) is 2.72. The molecule has 1 aromatic heterocycles. The van der Waals surface area contributed by atoms with E-state index in [-0.39, 0.29) is 23.4 Å². The Hall–Kier alpha value is -2.25. The monoisotopic (exact) mass is 390 g/mol. The van der Waals surface area contributed by atoms with Crippen LogP contribution < -0.4 is 10.1 Å². The van der Waals surface area contributed by atoms with Gasteiger partial charge in [0.15, 0.2) is 0 Å². The number of pyridine rings is 1. The second-order valence-electron chi connectivity index (χ2n) is 7.29. The number of esters is 1. The maximum absolute atomic E-state index is 14.5. The zero-order valence-electron chi connectivity index (χ0n) is 16.3. The molecule has 7 heteroatoms. The summed E-state index contributed by atoms with van der Waals surface area (Å²) in [5.41, 5.74) is 0.865. The van der Waals surface area contributed by atoms with Crippen LogP contribution in [0.5, 0.6) is 5.75 Å². The molecule has 1 aliphatic heterocycles. The summed E-state index contributed by atoms with van der Waals surface area (Å²) >= 11 is 0. The predicted octanol–water partition coefficient (Wildman–Crippen LogP) is 2.98. The van der Waals surface area contributed by atoms with Gasteiger partial charge in [-0.1, -0.05) is 0 Å². The first-order valence-electron chi connectivity index (χ1n) is 9.61. The van der Waals surface area contributed by atoms with Crippen molar-refractivity contribution in [2.24, 2.45) is 11.8 Å². The van der Waals surface area contributed by atoms with Gasteiger partial charge >= 0.3 is 5.97 Å². The molecule has 0 amide bonds. The maximum atomic E-state index is 14.5. The van der Waals surface area contributed by atoms with E-state index in [2.05, 4.69) is 10.3 Å². The highest BCUT2D eigenvalue weighted by molar-refractivity contribution is 5.84. The summed E-state index contributed by atoms with van der Waals surface area (Å²) in [7, 11) is 2.94. The van der Waals surface area contributed by atoms with E-state index >= 15 is 0 Å². The molecule has 0 spiro atoms. The number of nitrogens with one attached hydrogen (secondary N) is 1. The Kier molecular flexibility index (Phi) is 6.80. The quantitative estimate of drug-likeness (QED) is 0.708. The first-order valence-corrected chi connectivity index (χ1v) is 9.61. The van der Waals surface area contributed by atoms with Crippen LogP contribution in [0.4, 0.5) is 4.39 Å². The van der Waals surface area contributed by atoms with Gasteiger partial charge in [-0.15, -0.1) is 0 Å². The molecule has 2 aromatic rings. The Balaban J connectivity index is 1.76. The normalized spacial score (nSPS) is 20.7. The van der Waals surface area contributed by atoms with Gasteiger partial charge in [-0.2, -0.15) is 0 Å². The minimum atomic E-state index is -0.953. The van der Waals surface area contributed by atoms with Crippen LogP contribution in [-0.2, 0) is 9.53 Å². The fourth-order valence-electron chi connectivity index (χ4n) is 4.04. The molecule has 6 nitrogen and oxygen atoms in total. The van der Waals surface area contributed by atoms with E-state index in [1.165, 1.54) is 7.11 Å². The fraction of sp³-hybridized carbons (Fsp3) is 0.524. The lowest BCUT2D eigenvalue weighted by Crippen LogP contribution is -2.38. The smallest absolute Gasteiger partial charge is 0.305 e. The number of piperidine rings is 1. The molecule has 1 fully saturated rings. The summed E-state index contributed by atoms with van der Waals surface area (Å²) in [6.07, 6.45) is 2.59. The van der Waals surface area contributed by atoms with Crippen LogP contribution in [0.25, 0.3) is 10.9 Å². The summed E-state index contributed by atoms with van der Waals surface area (Å²) in [5, 5.41) is 14.7. The molecule has 2 N–H and O–H groups in total. The van der Waals surface area contributed by atoms with E-state index in [9.17, 15) is 14.3 Å². The maximum Gasteiger partial charge on any atom is 0.305 e. The van der Waals surface area contributed by atoms with Crippen LogP contribution in [0.1, 0.15) is 37.4 Å². The van der Waals surface area contributed by atoms with Crippen LogP contribution in [0.3, 0.4) is 0 Å². The van der Waals surface area contributed by atoms with Crippen molar-refractivity contribution in [3.63, 3.8) is 0 Å². The summed E-state index contributed by atoms with van der Waals surface area (Å²) in [4.78, 5) is 15.8. The molecule has 0 aliphatic carbocycles. The van der Waals surface area contributed by atoms with Crippen molar-refractivity contribution < 1.29 is 23.8 Å². The molecule has 28 heavy (non-hydrogen) atoms. The van der Waals surface area contributed by atoms with Crippen LogP contribution in [-0.4, -0.2) is 43.4 Å². The van der Waals surface area contributed by atoms with Crippen LogP contribution in [0, 0.1) is 17.7 Å². The van der Waals surface area contributed by atoms with Crippen LogP contribution in [0.15, 0.2) is 24.4 Å². The number of hydrogen-bond donors (Lipinski definition) is 2. The van der Waals surface area contributed by atoms with Gasteiger partial charge in [0.1, 0.15) is 11.6 Å². The number of carbonyl (C=O) groups is 1. The molecule has 2 heterocycles. The summed E-state index contributed by atoms with van der Waals surface area (Å²) in [6.45, 7) is 1.63. The second-order valence-corrected chi connectivity index (χ2v) is 7.29. The van der Waals surface area contributed by atoms with Crippen molar-refractivity contribution in [3.05, 3.63) is 35.8 Å². The highest BCUT2D eigenvalue weighted by Gasteiger charge is 2.28. The number of hydrogen-bond acceptors (Lipinski definition) is 6. The topological polar surface area (TPSA) is 80.7 Å². The van der Waals surface area contributed by atoms with Gasteiger partial charge in [-0.05, 0) is 62.4 Å². The second kappa shape index (κ2) is 9.30. The molecule has 1 aromatic carbocycles. The summed E-state index contributed by atoms with van der Waals surface area (Å²) in [5.74, 6) is 0.278. The summed E-state index contributed by atoms with van der Waals surface area (Å²) in [6, 6.07) is 5.22. The third-order valence-corrected chi connectivity index (χ3v) is 5.63. The molecule has 0 saturated carbocycles. The van der Waals surface area contributed by atoms with E-state index in [4.69, 9.17) is 9.47 Å². The van der Waals surface area contributed by atoms with Gasteiger partial charge in [0, 0.05) is 17.4 Å². The number of benzene rings is 1. The number of methoxy groups -OCH3 is 2. The molecule has 152 valence electrons. The lowest BCUT2D eigenvalue weighted by Gasteiger charge is -2.32. The number of ether oxygens (including phenoxy) is 2. The Morgan fingerprint density at radius 1 is 1.39 bits per heavy atom. The Bertz CT molecular complexity index is 829. The first-order chi connectivity index (χ1) is 13.5. The fourth-order valence-corrected chi connectivity index (χ4v) is 4.04. The number of nitrogens with zero attached hydrogens (tertiary/aromatic N) is 1. The highest BCUT2D eigenvalue weighted by Crippen LogP contribution is 2.34. The number of aromatic nitrogens is 1. The molecular formula is C21H27FN2O4. The third kappa shape index (κ3) is 4.59. The van der Waals surface area contributed by atoms with Crippen molar-refractivity contribution in [1.82, 2.24) is 10.3 Å². The van der Waals surface area contributed by atoms with E-state index < -0.39 is 11.9 Å². The number of rotatable bonds is 7. The largest absolute Gasteiger partial charge is 0.497 e. The van der Waals surface area contributed by atoms with Crippen molar-refractivity contribution in [3.8, 4) is 5.75 Å². The van der Waals surface area contributed by atoms with Gasteiger partial charge in [0.05, 0.1) is 32.0 Å². The average molecular weight is 390 g/mol. The number of aliphatic hydroxyl groups excluding tert-OH is 1. The predicted molar refractivity (Wildman–Crippen MR) is 104 cm³/mol. The molecule has 1 aliphatic rings. The first kappa shape index (κ1) is 20.5. The van der Waals surface area contributed by atoms with Gasteiger partial charge in [-0.25, -0.2) is 4.39 Å². The van der Waals surface area contributed by atoms with Gasteiger partial charge in [0.25, 0.3) is 0 Å². The molecule has 3 rings (SSSR count). The molecule has 3 atom stereocenters. The standard InChI is InChI=1S/C21H27FN2O4/c1-27-15-4-5-18-16(10-15)21(17(22)12-24-18)19(25)6-3-13-7-8-23-11-14(13)9-20(26)28-2/h4-5,10,12-14,19,23,25H,3,6-9,11H2,1-2H3. The van der Waals surface area contributed by atoms with Crippen molar-refractivity contribution >= 4 is 16.9 Å². The van der Waals surface area contributed by atoms with E-state index in [1.54, 1.807) is 25.3 Å². The SMILES string of the molecule is COC(=O)CC1CNCCC1CCC(O)c1c(F)cnc2ccc(OC)cc12. The minimum Gasteiger partial charge on any atom is -0.497 e. The molecule has 0 radical (unpaired) electrons. The Morgan fingerprint density at radius 3 is 2.96 bits per heavy atom. The van der Waals surface area contributed by atoms with Crippen molar-refractivity contribution in [1.29, 1.82) is 0 Å². The van der Waals surface area contributed by atoms with Gasteiger partial charge in [0.2, 0.25) is 0 Å². The number of aliphatic hydroxyl groups is 1. The van der Waals surface area contributed by atoms with Crippen molar-refractivity contribution in [2.75, 3.05) is 27.3 Å². The lowest BCUT2D eigenvalue weighted by molar-refractivity contribution is -0.142. The van der Waals surface area contributed by atoms with E-state index in [0.717, 1.165) is 25.7 Å². The number of halogens is 1. The third-order valence-electron chi connectivity index (χ3n) is 5.63. The molecule has 0 bridgehead atoms. The van der Waals surface area contributed by atoms with Crippen LogP contribution in [0.2, 0.25) is 0 Å². The molecule has 3 unspecified atom stereocenters. The Morgan fingerprint density at radius 2 is 2.21 bits per heavy atom. The van der Waals surface area contributed by atoms with Crippen LogP contribution >= 0.6 is 0 Å². The summed E-state index contributed by atoms with van der Waals surface area (Å²) < 4.78 is 24.6. The molecule has 1 saturated heterocycles. The molecular weight excluding hydrogens is 363 g/mol. The zero-order chi connectivity index (χ0) is 20.1. The van der Waals surface area contributed by atoms with Gasteiger partial charge in [-0.3, -0.25) is 9.78 Å².